The number of hydrogen-bond donors (Lipinski definition) is 2. The Morgan fingerprint density at radius 2 is 1.85 bits per heavy atom. The summed E-state index contributed by atoms with van der Waals surface area (Å²) in [5.41, 5.74) is 1.85. The molecule has 140 valence electrons. The van der Waals surface area contributed by atoms with Crippen LogP contribution in [0.4, 0.5) is 18.9 Å². The third kappa shape index (κ3) is 3.49. The number of ether oxygens (including phenoxy) is 1. The third-order valence-electron chi connectivity index (χ3n) is 4.97. The predicted octanol–water partition coefficient (Wildman–Crippen LogP) is 5.08. The molecule has 1 heterocycles. The van der Waals surface area contributed by atoms with E-state index in [0.29, 0.717) is 17.8 Å². The summed E-state index contributed by atoms with van der Waals surface area (Å²) in [6, 6.07) is 11.0. The first-order valence-corrected chi connectivity index (χ1v) is 8.59. The summed E-state index contributed by atoms with van der Waals surface area (Å²) in [5.74, 6) is 0.910. The molecule has 0 saturated heterocycles. The van der Waals surface area contributed by atoms with Crippen molar-refractivity contribution in [2.75, 3.05) is 5.32 Å². The highest BCUT2D eigenvalue weighted by molar-refractivity contribution is 5.97. The second-order valence-electron chi connectivity index (χ2n) is 6.70. The number of amides is 1. The average Bonchev–Trinajstić information content (AvgIpc) is 3.00. The summed E-state index contributed by atoms with van der Waals surface area (Å²) in [7, 11) is 0. The molecule has 2 aromatic carbocycles. The maximum absolute atomic E-state index is 12.6. The van der Waals surface area contributed by atoms with E-state index < -0.39 is 11.7 Å². The van der Waals surface area contributed by atoms with Crippen LogP contribution in [0.2, 0.25) is 0 Å². The molecule has 1 amide bonds. The number of rotatable bonds is 5. The van der Waals surface area contributed by atoms with Crippen molar-refractivity contribution in [1.82, 2.24) is 4.98 Å². The number of H-pyrrole nitrogens is 1. The molecule has 4 rings (SSSR count). The lowest BCUT2D eigenvalue weighted by molar-refractivity contribution is -0.137. The van der Waals surface area contributed by atoms with Gasteiger partial charge >= 0.3 is 6.18 Å². The monoisotopic (exact) mass is 374 g/mol. The molecule has 0 radical (unpaired) electrons. The van der Waals surface area contributed by atoms with Gasteiger partial charge in [-0.3, -0.25) is 4.79 Å². The van der Waals surface area contributed by atoms with Gasteiger partial charge in [0.05, 0.1) is 17.4 Å². The minimum Gasteiger partial charge on any atom is -0.490 e. The van der Waals surface area contributed by atoms with Crippen molar-refractivity contribution in [2.45, 2.75) is 31.0 Å². The van der Waals surface area contributed by atoms with Crippen molar-refractivity contribution in [3.05, 3.63) is 59.8 Å². The first-order valence-electron chi connectivity index (χ1n) is 8.59. The molecule has 1 fully saturated rings. The van der Waals surface area contributed by atoms with E-state index in [9.17, 15) is 18.0 Å². The van der Waals surface area contributed by atoms with E-state index >= 15 is 0 Å². The fraction of sp³-hybridized carbons (Fsp3) is 0.250. The number of carbonyl (C=O) groups is 1. The molecular weight excluding hydrogens is 357 g/mol. The van der Waals surface area contributed by atoms with Gasteiger partial charge in [0, 0.05) is 17.1 Å². The Kier molecular flexibility index (Phi) is 4.30. The van der Waals surface area contributed by atoms with Gasteiger partial charge in [-0.15, -0.1) is 0 Å². The number of nitrogens with one attached hydrogen (secondary N) is 2. The molecular formula is C20H17F3N2O2. The van der Waals surface area contributed by atoms with Crippen molar-refractivity contribution in [2.24, 2.45) is 0 Å². The molecule has 27 heavy (non-hydrogen) atoms. The third-order valence-corrected chi connectivity index (χ3v) is 4.97. The summed E-state index contributed by atoms with van der Waals surface area (Å²) < 4.78 is 43.9. The molecule has 0 bridgehead atoms. The molecule has 1 aliphatic rings. The van der Waals surface area contributed by atoms with Crippen LogP contribution in [-0.4, -0.2) is 17.5 Å². The molecule has 0 aliphatic heterocycles. The van der Waals surface area contributed by atoms with Gasteiger partial charge in [0.2, 0.25) is 6.41 Å². The molecule has 7 heteroatoms. The molecule has 0 unspecified atom stereocenters. The average molecular weight is 374 g/mol. The van der Waals surface area contributed by atoms with Gasteiger partial charge in [0.15, 0.2) is 0 Å². The molecule has 3 aromatic rings. The van der Waals surface area contributed by atoms with Crippen LogP contribution in [0.3, 0.4) is 0 Å². The molecule has 1 aliphatic carbocycles. The Bertz CT molecular complexity index is 958. The normalized spacial score (nSPS) is 19.5. The van der Waals surface area contributed by atoms with E-state index in [1.54, 1.807) is 18.3 Å². The first kappa shape index (κ1) is 17.5. The van der Waals surface area contributed by atoms with Crippen LogP contribution in [0.15, 0.2) is 48.7 Å². The Balaban J connectivity index is 1.39. The van der Waals surface area contributed by atoms with Crippen LogP contribution in [0.25, 0.3) is 10.9 Å². The Morgan fingerprint density at radius 1 is 1.11 bits per heavy atom. The standard InChI is InChI=1S/C20H17F3N2O2/c21-20(22,23)14-3-1-12(2-4-14)13-7-16(8-13)27-15-5-6-18-17(9-15)19(10-24-18)25-11-26/h1-6,9-11,13,16,24H,7-8H2,(H,25,26)/t13-,16+. The quantitative estimate of drug-likeness (QED) is 0.612. The summed E-state index contributed by atoms with van der Waals surface area (Å²) >= 11 is 0. The van der Waals surface area contributed by atoms with E-state index in [2.05, 4.69) is 10.3 Å². The smallest absolute Gasteiger partial charge is 0.416 e. The molecule has 1 aromatic heterocycles. The van der Waals surface area contributed by atoms with E-state index in [1.807, 2.05) is 18.2 Å². The zero-order valence-corrected chi connectivity index (χ0v) is 14.2. The predicted molar refractivity (Wildman–Crippen MR) is 95.8 cm³/mol. The lowest BCUT2D eigenvalue weighted by atomic mass is 9.77. The lowest BCUT2D eigenvalue weighted by Crippen LogP contribution is -2.32. The highest BCUT2D eigenvalue weighted by atomic mass is 19.4. The molecule has 0 spiro atoms. The molecule has 0 atom stereocenters. The van der Waals surface area contributed by atoms with Gasteiger partial charge < -0.3 is 15.0 Å². The zero-order chi connectivity index (χ0) is 19.0. The van der Waals surface area contributed by atoms with Gasteiger partial charge in [-0.1, -0.05) is 12.1 Å². The van der Waals surface area contributed by atoms with Crippen LogP contribution in [0.5, 0.6) is 5.75 Å². The van der Waals surface area contributed by atoms with E-state index in [0.717, 1.165) is 41.4 Å². The Labute approximate surface area is 153 Å². The molecule has 2 N–H and O–H groups in total. The maximum Gasteiger partial charge on any atom is 0.416 e. The number of carbonyl (C=O) groups excluding carboxylic acids is 1. The fourth-order valence-corrected chi connectivity index (χ4v) is 3.43. The van der Waals surface area contributed by atoms with Crippen LogP contribution in [0.1, 0.15) is 29.9 Å². The van der Waals surface area contributed by atoms with E-state index in [4.69, 9.17) is 4.74 Å². The highest BCUT2D eigenvalue weighted by Crippen LogP contribution is 2.40. The number of hydrogen-bond acceptors (Lipinski definition) is 2. The van der Waals surface area contributed by atoms with Crippen molar-refractivity contribution >= 4 is 23.0 Å². The summed E-state index contributed by atoms with van der Waals surface area (Å²) in [4.78, 5) is 13.7. The number of halogens is 3. The van der Waals surface area contributed by atoms with Gasteiger partial charge in [-0.05, 0) is 54.7 Å². The summed E-state index contributed by atoms with van der Waals surface area (Å²) in [6.45, 7) is 0. The SMILES string of the molecule is O=CNc1c[nH]c2ccc(O[C@H]3C[C@@H](c4ccc(C(F)(F)F)cc4)C3)cc12. The first-order chi connectivity index (χ1) is 12.9. The van der Waals surface area contributed by atoms with Crippen LogP contribution < -0.4 is 10.1 Å². The van der Waals surface area contributed by atoms with E-state index in [1.165, 1.54) is 0 Å². The highest BCUT2D eigenvalue weighted by Gasteiger charge is 2.34. The van der Waals surface area contributed by atoms with Gasteiger partial charge in [-0.25, -0.2) is 0 Å². The Hall–Kier alpha value is -2.96. The fourth-order valence-electron chi connectivity index (χ4n) is 3.43. The maximum atomic E-state index is 12.6. The minimum atomic E-state index is -4.31. The zero-order valence-electron chi connectivity index (χ0n) is 14.2. The molecule has 1 saturated carbocycles. The van der Waals surface area contributed by atoms with Crippen molar-refractivity contribution in [1.29, 1.82) is 0 Å². The van der Waals surface area contributed by atoms with Crippen molar-refractivity contribution in [3.63, 3.8) is 0 Å². The Morgan fingerprint density at radius 3 is 2.52 bits per heavy atom. The number of anilines is 1. The van der Waals surface area contributed by atoms with Crippen molar-refractivity contribution in [3.8, 4) is 5.75 Å². The molecule has 4 nitrogen and oxygen atoms in total. The second kappa shape index (κ2) is 6.64. The number of fused-ring (bicyclic) bond motifs is 1. The number of benzene rings is 2. The van der Waals surface area contributed by atoms with Crippen LogP contribution in [0, 0.1) is 0 Å². The number of aromatic nitrogens is 1. The van der Waals surface area contributed by atoms with Crippen molar-refractivity contribution < 1.29 is 22.7 Å². The number of aromatic amines is 1. The van der Waals surface area contributed by atoms with Crippen LogP contribution in [-0.2, 0) is 11.0 Å². The largest absolute Gasteiger partial charge is 0.490 e. The lowest BCUT2D eigenvalue weighted by Gasteiger charge is -2.35. The summed E-state index contributed by atoms with van der Waals surface area (Å²) in [5, 5.41) is 3.49. The van der Waals surface area contributed by atoms with E-state index in [-0.39, 0.29) is 12.0 Å². The second-order valence-corrected chi connectivity index (χ2v) is 6.70. The van der Waals surface area contributed by atoms with Crippen LogP contribution >= 0.6 is 0 Å². The topological polar surface area (TPSA) is 54.1 Å². The number of alkyl halides is 3. The summed E-state index contributed by atoms with van der Waals surface area (Å²) in [6.07, 6.45) is -0.426. The minimum absolute atomic E-state index is 0.0242. The van der Waals surface area contributed by atoms with Gasteiger partial charge in [0.25, 0.3) is 0 Å². The van der Waals surface area contributed by atoms with Gasteiger partial charge in [0.1, 0.15) is 5.75 Å². The van der Waals surface area contributed by atoms with Gasteiger partial charge in [-0.2, -0.15) is 13.2 Å².